The molecule has 1 saturated heterocycles. The van der Waals surface area contributed by atoms with Crippen LogP contribution in [0.15, 0.2) is 52.9 Å². The lowest BCUT2D eigenvalue weighted by atomic mass is 10.2. The minimum atomic E-state index is -0.459. The van der Waals surface area contributed by atoms with E-state index in [2.05, 4.69) is 16.0 Å². The largest absolute Gasteiger partial charge is 0.497 e. The molecule has 7 nitrogen and oxygen atoms in total. The van der Waals surface area contributed by atoms with Gasteiger partial charge in [-0.2, -0.15) is 10.2 Å². The number of hydrogen-bond donors (Lipinski definition) is 0. The highest BCUT2D eigenvalue weighted by Gasteiger charge is 2.24. The van der Waals surface area contributed by atoms with Crippen LogP contribution in [0.4, 0.5) is 16.0 Å². The fraction of sp³-hybridized carbons (Fsp3) is 0.273. The summed E-state index contributed by atoms with van der Waals surface area (Å²) in [6.45, 7) is 2.87. The van der Waals surface area contributed by atoms with Crippen LogP contribution < -0.4 is 19.3 Å². The van der Waals surface area contributed by atoms with Crippen molar-refractivity contribution >= 4 is 11.6 Å². The minimum absolute atomic E-state index is 0.0541. The molecule has 1 aliphatic heterocycles. The molecular formula is C22H21FN4O3. The first kappa shape index (κ1) is 19.6. The van der Waals surface area contributed by atoms with Gasteiger partial charge in [-0.3, -0.25) is 0 Å². The number of oxazole rings is 1. The number of ether oxygens (including phenoxy) is 2. The molecule has 1 aliphatic rings. The Labute approximate surface area is 173 Å². The van der Waals surface area contributed by atoms with Crippen LogP contribution in [0.2, 0.25) is 0 Å². The number of nitriles is 1. The zero-order valence-corrected chi connectivity index (χ0v) is 16.5. The summed E-state index contributed by atoms with van der Waals surface area (Å²) in [5, 5.41) is 9.45. The molecule has 1 fully saturated rings. The van der Waals surface area contributed by atoms with Gasteiger partial charge in [0, 0.05) is 31.9 Å². The summed E-state index contributed by atoms with van der Waals surface area (Å²) in [5.41, 5.74) is 1.33. The number of para-hydroxylation sites is 1. The van der Waals surface area contributed by atoms with Gasteiger partial charge in [-0.05, 0) is 36.4 Å². The highest BCUT2D eigenvalue weighted by atomic mass is 19.1. The molecule has 0 N–H and O–H groups in total. The SMILES string of the molecule is COc1ccc(N2CCN(c3oc(COc4ccccc4F)nc3C#N)CC2)cc1. The van der Waals surface area contributed by atoms with E-state index in [0.29, 0.717) is 19.0 Å². The van der Waals surface area contributed by atoms with Crippen LogP contribution >= 0.6 is 0 Å². The van der Waals surface area contributed by atoms with Gasteiger partial charge in [-0.1, -0.05) is 12.1 Å². The Kier molecular flexibility index (Phi) is 5.70. The van der Waals surface area contributed by atoms with Crippen molar-refractivity contribution in [3.05, 3.63) is 65.9 Å². The summed E-state index contributed by atoms with van der Waals surface area (Å²) in [6.07, 6.45) is 0. The second kappa shape index (κ2) is 8.74. The molecule has 8 heteroatoms. The standard InChI is InChI=1S/C22H21FN4O3/c1-28-17-8-6-16(7-9-17)26-10-12-27(13-11-26)22-19(14-24)25-21(30-22)15-29-20-5-3-2-4-18(20)23/h2-9H,10-13,15H2,1H3. The smallest absolute Gasteiger partial charge is 0.236 e. The molecule has 4 rings (SSSR count). The molecule has 2 aromatic carbocycles. The van der Waals surface area contributed by atoms with E-state index in [1.54, 1.807) is 19.2 Å². The molecule has 0 amide bonds. The first-order chi connectivity index (χ1) is 14.7. The maximum atomic E-state index is 13.7. The van der Waals surface area contributed by atoms with Crippen molar-refractivity contribution < 1.29 is 18.3 Å². The van der Waals surface area contributed by atoms with Crippen LogP contribution in [-0.2, 0) is 6.61 Å². The zero-order chi connectivity index (χ0) is 20.9. The summed E-state index contributed by atoms with van der Waals surface area (Å²) in [5.74, 6) is 1.15. The number of rotatable bonds is 6. The number of piperazine rings is 1. The first-order valence-corrected chi connectivity index (χ1v) is 9.59. The quantitative estimate of drug-likeness (QED) is 0.617. The lowest BCUT2D eigenvalue weighted by molar-refractivity contribution is 0.252. The molecule has 0 unspecified atom stereocenters. The Morgan fingerprint density at radius 3 is 2.43 bits per heavy atom. The third-order valence-electron chi connectivity index (χ3n) is 4.95. The topological polar surface area (TPSA) is 74.8 Å². The van der Waals surface area contributed by atoms with Crippen molar-refractivity contribution in [3.8, 4) is 17.6 Å². The monoisotopic (exact) mass is 408 g/mol. The Hall–Kier alpha value is -3.73. The number of benzene rings is 2. The van der Waals surface area contributed by atoms with Gasteiger partial charge < -0.3 is 23.7 Å². The molecule has 3 aromatic rings. The zero-order valence-electron chi connectivity index (χ0n) is 16.5. The number of anilines is 2. The van der Waals surface area contributed by atoms with Crippen molar-refractivity contribution in [3.63, 3.8) is 0 Å². The summed E-state index contributed by atoms with van der Waals surface area (Å²) in [4.78, 5) is 8.46. The van der Waals surface area contributed by atoms with Crippen molar-refractivity contribution in [1.82, 2.24) is 4.98 Å². The van der Waals surface area contributed by atoms with Gasteiger partial charge in [-0.15, -0.1) is 0 Å². The number of hydrogen-bond acceptors (Lipinski definition) is 7. The van der Waals surface area contributed by atoms with Gasteiger partial charge in [0.1, 0.15) is 11.8 Å². The summed E-state index contributed by atoms with van der Waals surface area (Å²) < 4.78 is 30.1. The molecular weight excluding hydrogens is 387 g/mol. The summed E-state index contributed by atoms with van der Waals surface area (Å²) >= 11 is 0. The number of methoxy groups -OCH3 is 1. The molecule has 2 heterocycles. The number of halogens is 1. The highest BCUT2D eigenvalue weighted by molar-refractivity contribution is 5.53. The molecule has 0 saturated carbocycles. The summed E-state index contributed by atoms with van der Waals surface area (Å²) in [6, 6.07) is 16.1. The molecule has 0 atom stereocenters. The van der Waals surface area contributed by atoms with E-state index in [1.165, 1.54) is 12.1 Å². The van der Waals surface area contributed by atoms with E-state index in [0.717, 1.165) is 24.5 Å². The van der Waals surface area contributed by atoms with Gasteiger partial charge in [-0.25, -0.2) is 4.39 Å². The van der Waals surface area contributed by atoms with E-state index >= 15 is 0 Å². The normalized spacial score (nSPS) is 13.8. The van der Waals surface area contributed by atoms with Gasteiger partial charge in [0.25, 0.3) is 0 Å². The molecule has 0 radical (unpaired) electrons. The predicted octanol–water partition coefficient (Wildman–Crippen LogP) is 3.60. The van der Waals surface area contributed by atoms with Gasteiger partial charge >= 0.3 is 0 Å². The van der Waals surface area contributed by atoms with Crippen LogP contribution in [0.1, 0.15) is 11.6 Å². The highest BCUT2D eigenvalue weighted by Crippen LogP contribution is 2.26. The molecule has 0 aliphatic carbocycles. The van der Waals surface area contributed by atoms with Crippen molar-refractivity contribution in [1.29, 1.82) is 5.26 Å². The van der Waals surface area contributed by atoms with Gasteiger partial charge in [0.2, 0.25) is 17.5 Å². The van der Waals surface area contributed by atoms with Crippen LogP contribution in [0, 0.1) is 17.1 Å². The van der Waals surface area contributed by atoms with Crippen molar-refractivity contribution in [2.75, 3.05) is 43.1 Å². The maximum Gasteiger partial charge on any atom is 0.236 e. The first-order valence-electron chi connectivity index (χ1n) is 9.59. The average Bonchev–Trinajstić information content (AvgIpc) is 3.22. The van der Waals surface area contributed by atoms with E-state index in [4.69, 9.17) is 13.9 Å². The van der Waals surface area contributed by atoms with E-state index in [-0.39, 0.29) is 23.9 Å². The minimum Gasteiger partial charge on any atom is -0.497 e. The van der Waals surface area contributed by atoms with Crippen LogP contribution in [-0.4, -0.2) is 38.3 Å². The van der Waals surface area contributed by atoms with Crippen LogP contribution in [0.25, 0.3) is 0 Å². The lowest BCUT2D eigenvalue weighted by Gasteiger charge is -2.35. The van der Waals surface area contributed by atoms with Gasteiger partial charge in [0.05, 0.1) is 7.11 Å². The van der Waals surface area contributed by atoms with Crippen LogP contribution in [0.5, 0.6) is 11.5 Å². The Morgan fingerprint density at radius 1 is 1.07 bits per heavy atom. The third kappa shape index (κ3) is 4.15. The third-order valence-corrected chi connectivity index (χ3v) is 4.95. The number of aromatic nitrogens is 1. The number of nitrogens with zero attached hydrogens (tertiary/aromatic N) is 4. The average molecular weight is 408 g/mol. The van der Waals surface area contributed by atoms with Gasteiger partial charge in [0.15, 0.2) is 18.2 Å². The van der Waals surface area contributed by atoms with E-state index < -0.39 is 5.82 Å². The summed E-state index contributed by atoms with van der Waals surface area (Å²) in [7, 11) is 1.65. The second-order valence-corrected chi connectivity index (χ2v) is 6.76. The lowest BCUT2D eigenvalue weighted by Crippen LogP contribution is -2.46. The molecule has 30 heavy (non-hydrogen) atoms. The van der Waals surface area contributed by atoms with E-state index in [9.17, 15) is 9.65 Å². The predicted molar refractivity (Wildman–Crippen MR) is 109 cm³/mol. The Balaban J connectivity index is 1.40. The van der Waals surface area contributed by atoms with Crippen molar-refractivity contribution in [2.45, 2.75) is 6.61 Å². The van der Waals surface area contributed by atoms with E-state index in [1.807, 2.05) is 29.2 Å². The van der Waals surface area contributed by atoms with Crippen molar-refractivity contribution in [2.24, 2.45) is 0 Å². The maximum absolute atomic E-state index is 13.7. The fourth-order valence-corrected chi connectivity index (χ4v) is 3.37. The molecule has 0 spiro atoms. The molecule has 154 valence electrons. The second-order valence-electron chi connectivity index (χ2n) is 6.76. The Morgan fingerprint density at radius 2 is 1.77 bits per heavy atom. The van der Waals surface area contributed by atoms with Crippen LogP contribution in [0.3, 0.4) is 0 Å². The molecule has 0 bridgehead atoms. The molecule has 1 aromatic heterocycles. The Bertz CT molecular complexity index is 1040. The fourth-order valence-electron chi connectivity index (χ4n) is 3.37.